The van der Waals surface area contributed by atoms with E-state index in [1.54, 1.807) is 0 Å². The van der Waals surface area contributed by atoms with E-state index in [0.717, 1.165) is 27.9 Å². The van der Waals surface area contributed by atoms with Crippen molar-refractivity contribution in [3.63, 3.8) is 0 Å². The molecule has 13 nitrogen and oxygen atoms in total. The Morgan fingerprint density at radius 1 is 1.14 bits per heavy atom. The molecular formula is C21H28FNO12. The number of aliphatic hydroxyl groups is 2. The van der Waals surface area contributed by atoms with Crippen molar-refractivity contribution in [2.24, 2.45) is 0 Å². The molecular weight excluding hydrogens is 477 g/mol. The molecule has 1 fully saturated rings. The van der Waals surface area contributed by atoms with Gasteiger partial charge in [0.1, 0.15) is 12.2 Å². The van der Waals surface area contributed by atoms with Crippen LogP contribution in [-0.2, 0) is 47.7 Å². The Bertz CT molecular complexity index is 858. The number of terminal acetylenes is 1. The first-order valence-electron chi connectivity index (χ1n) is 10.3. The van der Waals surface area contributed by atoms with Gasteiger partial charge in [0.2, 0.25) is 12.1 Å². The third-order valence-electron chi connectivity index (χ3n) is 4.77. The molecule has 0 aromatic rings. The Balaban J connectivity index is 3.69. The van der Waals surface area contributed by atoms with Gasteiger partial charge in [-0.1, -0.05) is 0 Å². The molecule has 1 amide bonds. The maximum absolute atomic E-state index is 15.5. The van der Waals surface area contributed by atoms with Crippen molar-refractivity contribution < 1.29 is 62.3 Å². The van der Waals surface area contributed by atoms with E-state index in [2.05, 4.69) is 16.0 Å². The van der Waals surface area contributed by atoms with Crippen molar-refractivity contribution in [3.05, 3.63) is 0 Å². The third-order valence-corrected chi connectivity index (χ3v) is 4.77. The number of carbonyl (C=O) groups excluding carboxylic acids is 5. The molecule has 3 N–H and O–H groups in total. The molecule has 7 atom stereocenters. The van der Waals surface area contributed by atoms with Gasteiger partial charge in [-0.2, -0.15) is 0 Å². The molecule has 1 rings (SSSR count). The second kappa shape index (κ2) is 13.0. The largest absolute Gasteiger partial charge is 0.464 e. The quantitative estimate of drug-likeness (QED) is 0.173. The number of hydrogen-bond donors (Lipinski definition) is 3. The molecule has 0 saturated carbocycles. The Labute approximate surface area is 200 Å². The van der Waals surface area contributed by atoms with E-state index in [4.69, 9.17) is 25.4 Å². The van der Waals surface area contributed by atoms with E-state index < -0.39 is 78.8 Å². The minimum atomic E-state index is -3.21. The normalized spacial score (nSPS) is 27.4. The van der Waals surface area contributed by atoms with Crippen molar-refractivity contribution >= 4 is 29.8 Å². The van der Waals surface area contributed by atoms with Gasteiger partial charge in [-0.15, -0.1) is 12.3 Å². The number of esters is 4. The van der Waals surface area contributed by atoms with Crippen LogP contribution in [0, 0.1) is 12.3 Å². The number of alkyl halides is 1. The van der Waals surface area contributed by atoms with Gasteiger partial charge in [0.25, 0.3) is 0 Å². The highest BCUT2D eigenvalue weighted by molar-refractivity contribution is 5.83. The highest BCUT2D eigenvalue weighted by Gasteiger charge is 2.65. The van der Waals surface area contributed by atoms with Gasteiger partial charge in [-0.05, 0) is 0 Å². The standard InChI is InChI=1S/C21H28FNO12/c1-6-7-8-14(28)23-15-16(29)19(22)21(20(30)31-5,34-12(4)27)35-18(15)17(33-11(3)26)13(9-24)32-10(2)25/h1,13,15-19,24,29H,7-9H2,2-5H3,(H,23,28)/t13-,15?,16?,17-,18?,19?,21?/m1/s1. The minimum absolute atomic E-state index is 0.0289. The maximum Gasteiger partial charge on any atom is 0.383 e. The molecule has 1 saturated heterocycles. The lowest BCUT2D eigenvalue weighted by Gasteiger charge is -2.48. The Hall–Kier alpha value is -3.28. The predicted molar refractivity (Wildman–Crippen MR) is 110 cm³/mol. The zero-order chi connectivity index (χ0) is 26.9. The van der Waals surface area contributed by atoms with Crippen molar-refractivity contribution in [2.45, 2.75) is 76.0 Å². The fourth-order valence-corrected chi connectivity index (χ4v) is 3.43. The van der Waals surface area contributed by atoms with E-state index >= 15 is 4.39 Å². The monoisotopic (exact) mass is 505 g/mol. The molecule has 0 bridgehead atoms. The molecule has 1 aliphatic rings. The number of halogens is 1. The van der Waals surface area contributed by atoms with Gasteiger partial charge >= 0.3 is 29.7 Å². The van der Waals surface area contributed by atoms with Crippen LogP contribution in [0.25, 0.3) is 0 Å². The molecule has 0 aromatic carbocycles. The molecule has 5 unspecified atom stereocenters. The summed E-state index contributed by atoms with van der Waals surface area (Å²) in [6.45, 7) is 1.75. The Morgan fingerprint density at radius 3 is 2.20 bits per heavy atom. The van der Waals surface area contributed by atoms with Crippen molar-refractivity contribution in [2.75, 3.05) is 13.7 Å². The molecule has 0 aromatic heterocycles. The summed E-state index contributed by atoms with van der Waals surface area (Å²) in [6, 6.07) is -1.78. The number of hydrogen-bond acceptors (Lipinski definition) is 12. The van der Waals surface area contributed by atoms with Crippen LogP contribution < -0.4 is 5.32 Å². The predicted octanol–water partition coefficient (Wildman–Crippen LogP) is -1.73. The van der Waals surface area contributed by atoms with Crippen LogP contribution in [0.3, 0.4) is 0 Å². The van der Waals surface area contributed by atoms with Crippen LogP contribution in [0.15, 0.2) is 0 Å². The van der Waals surface area contributed by atoms with Gasteiger partial charge in [-0.25, -0.2) is 9.18 Å². The fraction of sp³-hybridized carbons (Fsp3) is 0.667. The summed E-state index contributed by atoms with van der Waals surface area (Å²) in [5, 5.41) is 22.8. The fourth-order valence-electron chi connectivity index (χ4n) is 3.43. The lowest BCUT2D eigenvalue weighted by atomic mass is 9.86. The van der Waals surface area contributed by atoms with Gasteiger partial charge in [0.05, 0.1) is 19.8 Å². The van der Waals surface area contributed by atoms with E-state index in [1.807, 2.05) is 0 Å². The summed E-state index contributed by atoms with van der Waals surface area (Å²) in [6.07, 6.45) is -5.75. The maximum atomic E-state index is 15.5. The van der Waals surface area contributed by atoms with Crippen LogP contribution in [0.1, 0.15) is 33.6 Å². The van der Waals surface area contributed by atoms with Crippen molar-refractivity contribution in [3.8, 4) is 12.3 Å². The summed E-state index contributed by atoms with van der Waals surface area (Å²) in [5.74, 6) is -6.53. The third kappa shape index (κ3) is 7.35. The van der Waals surface area contributed by atoms with Crippen LogP contribution in [0.5, 0.6) is 0 Å². The van der Waals surface area contributed by atoms with E-state index in [1.165, 1.54) is 0 Å². The number of carbonyl (C=O) groups is 5. The highest BCUT2D eigenvalue weighted by Crippen LogP contribution is 2.37. The molecule has 14 heteroatoms. The van der Waals surface area contributed by atoms with Gasteiger partial charge < -0.3 is 39.2 Å². The van der Waals surface area contributed by atoms with E-state index in [9.17, 15) is 34.2 Å². The zero-order valence-electron chi connectivity index (χ0n) is 19.5. The molecule has 196 valence electrons. The second-order valence-corrected chi connectivity index (χ2v) is 7.43. The number of aliphatic hydroxyl groups excluding tert-OH is 2. The summed E-state index contributed by atoms with van der Waals surface area (Å²) in [5.41, 5.74) is 0. The number of rotatable bonds is 10. The average Bonchev–Trinajstić information content (AvgIpc) is 2.78. The van der Waals surface area contributed by atoms with Crippen LogP contribution in [-0.4, -0.2) is 96.1 Å². The molecule has 0 aliphatic carbocycles. The van der Waals surface area contributed by atoms with Crippen LogP contribution in [0.2, 0.25) is 0 Å². The van der Waals surface area contributed by atoms with E-state index in [0.29, 0.717) is 0 Å². The van der Waals surface area contributed by atoms with Crippen LogP contribution in [0.4, 0.5) is 4.39 Å². The molecule has 35 heavy (non-hydrogen) atoms. The minimum Gasteiger partial charge on any atom is -0.464 e. The van der Waals surface area contributed by atoms with Crippen molar-refractivity contribution in [1.82, 2.24) is 5.32 Å². The Kier molecular flexibility index (Phi) is 11.0. The van der Waals surface area contributed by atoms with Crippen LogP contribution >= 0.6 is 0 Å². The first-order valence-corrected chi connectivity index (χ1v) is 10.3. The van der Waals surface area contributed by atoms with Gasteiger partial charge in [-0.3, -0.25) is 19.2 Å². The van der Waals surface area contributed by atoms with Gasteiger partial charge in [0, 0.05) is 33.6 Å². The molecule has 1 heterocycles. The average molecular weight is 505 g/mol. The lowest BCUT2D eigenvalue weighted by Crippen LogP contribution is -2.74. The number of amides is 1. The van der Waals surface area contributed by atoms with E-state index in [-0.39, 0.29) is 12.8 Å². The first kappa shape index (κ1) is 29.8. The number of ether oxygens (including phenoxy) is 5. The smallest absolute Gasteiger partial charge is 0.383 e. The molecule has 0 spiro atoms. The second-order valence-electron chi connectivity index (χ2n) is 7.43. The molecule has 0 radical (unpaired) electrons. The molecule has 1 aliphatic heterocycles. The number of nitrogens with one attached hydrogen (secondary N) is 1. The summed E-state index contributed by atoms with van der Waals surface area (Å²) in [7, 11) is 0.817. The topological polar surface area (TPSA) is 184 Å². The van der Waals surface area contributed by atoms with Crippen molar-refractivity contribution in [1.29, 1.82) is 0 Å². The number of methoxy groups -OCH3 is 1. The summed E-state index contributed by atoms with van der Waals surface area (Å²) in [4.78, 5) is 60.0. The first-order chi connectivity index (χ1) is 16.3. The zero-order valence-corrected chi connectivity index (χ0v) is 19.5. The summed E-state index contributed by atoms with van der Waals surface area (Å²) >= 11 is 0. The Morgan fingerprint density at radius 2 is 1.74 bits per heavy atom. The SMILES string of the molecule is C#CCCC(=O)NC1C(O)C(F)C(OC(C)=O)(C(=O)OC)OC1[C@H](OC(C)=O)[C@@H](CO)OC(C)=O. The summed E-state index contributed by atoms with van der Waals surface area (Å²) < 4.78 is 40.3. The highest BCUT2D eigenvalue weighted by atomic mass is 19.1. The lowest BCUT2D eigenvalue weighted by molar-refractivity contribution is -0.325. The van der Waals surface area contributed by atoms with Gasteiger partial charge in [0.15, 0.2) is 12.2 Å².